The molecule has 1 aliphatic rings. The van der Waals surface area contributed by atoms with Gasteiger partial charge in [-0.1, -0.05) is 0 Å². The van der Waals surface area contributed by atoms with Gasteiger partial charge in [-0.3, -0.25) is 4.98 Å². The molecule has 5 nitrogen and oxygen atoms in total. The van der Waals surface area contributed by atoms with Crippen molar-refractivity contribution in [2.24, 2.45) is 0 Å². The lowest BCUT2D eigenvalue weighted by atomic mass is 9.87. The van der Waals surface area contributed by atoms with Gasteiger partial charge < -0.3 is 14.7 Å². The predicted octanol–water partition coefficient (Wildman–Crippen LogP) is 3.84. The van der Waals surface area contributed by atoms with Crippen LogP contribution in [-0.4, -0.2) is 39.8 Å². The summed E-state index contributed by atoms with van der Waals surface area (Å²) in [5, 5.41) is 10.9. The van der Waals surface area contributed by atoms with Gasteiger partial charge in [0.2, 0.25) is 0 Å². The number of hydrogen-bond donors (Lipinski definition) is 1. The van der Waals surface area contributed by atoms with E-state index in [2.05, 4.69) is 20.9 Å². The smallest absolute Gasteiger partial charge is 0.410 e. The standard InChI is InChI=1S/C17H25BrN2O3/c1-16(2,3)23-15(21)20-10-4-8-17(22,9-5-11-20)14-7-6-13(18)12-19-14/h6-7,12,22H,4-5,8-11H2,1-3H3. The molecule has 1 aromatic rings. The van der Waals surface area contributed by atoms with E-state index in [1.807, 2.05) is 32.9 Å². The number of carbonyl (C=O) groups excluding carboxylic acids is 1. The van der Waals surface area contributed by atoms with Crippen molar-refractivity contribution in [3.63, 3.8) is 0 Å². The maximum atomic E-state index is 12.2. The zero-order chi connectivity index (χ0) is 17.1. The zero-order valence-corrected chi connectivity index (χ0v) is 15.6. The molecule has 0 atom stereocenters. The number of aromatic nitrogens is 1. The maximum Gasteiger partial charge on any atom is 0.410 e. The maximum absolute atomic E-state index is 12.2. The number of halogens is 1. The van der Waals surface area contributed by atoms with Crippen molar-refractivity contribution in [3.8, 4) is 0 Å². The Morgan fingerprint density at radius 1 is 1.30 bits per heavy atom. The summed E-state index contributed by atoms with van der Waals surface area (Å²) in [5.41, 5.74) is -0.700. The minimum atomic E-state index is -0.916. The van der Waals surface area contributed by atoms with E-state index in [0.717, 1.165) is 4.47 Å². The summed E-state index contributed by atoms with van der Waals surface area (Å²) in [5.74, 6) is 0. The van der Waals surface area contributed by atoms with Crippen molar-refractivity contribution in [1.82, 2.24) is 9.88 Å². The van der Waals surface area contributed by atoms with Crippen LogP contribution in [0.15, 0.2) is 22.8 Å². The Kier molecular flexibility index (Phi) is 5.68. The van der Waals surface area contributed by atoms with Crippen LogP contribution < -0.4 is 0 Å². The highest BCUT2D eigenvalue weighted by Gasteiger charge is 2.33. The number of likely N-dealkylation sites (tertiary alicyclic amines) is 1. The van der Waals surface area contributed by atoms with Crippen molar-refractivity contribution in [3.05, 3.63) is 28.5 Å². The number of hydrogen-bond acceptors (Lipinski definition) is 4. The monoisotopic (exact) mass is 384 g/mol. The molecule has 1 N–H and O–H groups in total. The minimum absolute atomic E-state index is 0.273. The van der Waals surface area contributed by atoms with Crippen LogP contribution in [0.5, 0.6) is 0 Å². The van der Waals surface area contributed by atoms with Gasteiger partial charge in [0.1, 0.15) is 11.2 Å². The summed E-state index contributed by atoms with van der Waals surface area (Å²) in [6.07, 6.45) is 4.03. The number of nitrogens with zero attached hydrogens (tertiary/aromatic N) is 2. The van der Waals surface area contributed by atoms with Crippen LogP contribution in [0, 0.1) is 0 Å². The fraction of sp³-hybridized carbons (Fsp3) is 0.647. The Morgan fingerprint density at radius 3 is 2.39 bits per heavy atom. The summed E-state index contributed by atoms with van der Waals surface area (Å²) >= 11 is 3.36. The lowest BCUT2D eigenvalue weighted by Gasteiger charge is -2.34. The number of ether oxygens (including phenoxy) is 1. The van der Waals surface area contributed by atoms with Gasteiger partial charge >= 0.3 is 6.09 Å². The highest BCUT2D eigenvalue weighted by Crippen LogP contribution is 2.32. The van der Waals surface area contributed by atoms with E-state index in [1.54, 1.807) is 11.1 Å². The first kappa shape index (κ1) is 18.2. The third-order valence-electron chi connectivity index (χ3n) is 3.89. The van der Waals surface area contributed by atoms with Crippen molar-refractivity contribution >= 4 is 22.0 Å². The van der Waals surface area contributed by atoms with E-state index in [9.17, 15) is 9.90 Å². The Labute approximate surface area is 146 Å². The van der Waals surface area contributed by atoms with Crippen LogP contribution in [0.25, 0.3) is 0 Å². The zero-order valence-electron chi connectivity index (χ0n) is 14.0. The number of rotatable bonds is 1. The molecule has 1 aromatic heterocycles. The van der Waals surface area contributed by atoms with E-state index in [1.165, 1.54) is 0 Å². The third kappa shape index (κ3) is 5.18. The first-order chi connectivity index (χ1) is 10.7. The molecular weight excluding hydrogens is 360 g/mol. The molecule has 0 saturated carbocycles. The molecule has 1 saturated heterocycles. The van der Waals surface area contributed by atoms with Crippen molar-refractivity contribution in [1.29, 1.82) is 0 Å². The van der Waals surface area contributed by atoms with E-state index in [0.29, 0.717) is 44.5 Å². The highest BCUT2D eigenvalue weighted by atomic mass is 79.9. The third-order valence-corrected chi connectivity index (χ3v) is 4.36. The molecule has 128 valence electrons. The molecule has 0 unspecified atom stereocenters. The van der Waals surface area contributed by atoms with Crippen LogP contribution >= 0.6 is 15.9 Å². The van der Waals surface area contributed by atoms with Crippen LogP contribution in [0.2, 0.25) is 0 Å². The molecule has 2 heterocycles. The lowest BCUT2D eigenvalue weighted by Crippen LogP contribution is -2.41. The molecule has 23 heavy (non-hydrogen) atoms. The van der Waals surface area contributed by atoms with Gasteiger partial charge in [-0.05, 0) is 74.5 Å². The van der Waals surface area contributed by atoms with Gasteiger partial charge in [-0.2, -0.15) is 0 Å². The highest BCUT2D eigenvalue weighted by molar-refractivity contribution is 9.10. The molecule has 1 amide bonds. The Morgan fingerprint density at radius 2 is 1.91 bits per heavy atom. The summed E-state index contributed by atoms with van der Waals surface area (Å²) < 4.78 is 6.33. The first-order valence-electron chi connectivity index (χ1n) is 8.02. The summed E-state index contributed by atoms with van der Waals surface area (Å²) in [6.45, 7) is 6.79. The number of carbonyl (C=O) groups is 1. The second-order valence-corrected chi connectivity index (χ2v) is 7.98. The minimum Gasteiger partial charge on any atom is -0.444 e. The average molecular weight is 385 g/mol. The summed E-state index contributed by atoms with van der Waals surface area (Å²) in [7, 11) is 0. The molecular formula is C17H25BrN2O3. The predicted molar refractivity (Wildman–Crippen MR) is 92.1 cm³/mol. The van der Waals surface area contributed by atoms with E-state index >= 15 is 0 Å². The van der Waals surface area contributed by atoms with Gasteiger partial charge in [0, 0.05) is 23.8 Å². The van der Waals surface area contributed by atoms with Gasteiger partial charge in [0.25, 0.3) is 0 Å². The second-order valence-electron chi connectivity index (χ2n) is 7.07. The van der Waals surface area contributed by atoms with E-state index < -0.39 is 11.2 Å². The summed E-state index contributed by atoms with van der Waals surface area (Å²) in [6, 6.07) is 3.75. The largest absolute Gasteiger partial charge is 0.444 e. The van der Waals surface area contributed by atoms with Gasteiger partial charge in [0.05, 0.1) is 5.69 Å². The van der Waals surface area contributed by atoms with Crippen molar-refractivity contribution in [2.75, 3.05) is 13.1 Å². The molecule has 0 spiro atoms. The molecule has 0 aromatic carbocycles. The molecule has 0 aliphatic carbocycles. The quantitative estimate of drug-likeness (QED) is 0.798. The molecule has 2 rings (SSSR count). The van der Waals surface area contributed by atoms with Gasteiger partial charge in [-0.25, -0.2) is 4.79 Å². The van der Waals surface area contributed by atoms with Crippen LogP contribution in [0.4, 0.5) is 4.79 Å². The average Bonchev–Trinajstić information content (AvgIpc) is 2.41. The first-order valence-corrected chi connectivity index (χ1v) is 8.81. The fourth-order valence-electron chi connectivity index (χ4n) is 2.78. The normalized spacial score (nSPS) is 18.9. The Bertz CT molecular complexity index is 530. The second kappa shape index (κ2) is 7.18. The van der Waals surface area contributed by atoms with Gasteiger partial charge in [0.15, 0.2) is 0 Å². The van der Waals surface area contributed by atoms with Crippen LogP contribution in [0.1, 0.15) is 52.1 Å². The van der Waals surface area contributed by atoms with Crippen LogP contribution in [-0.2, 0) is 10.3 Å². The molecule has 1 fully saturated rings. The number of amides is 1. The van der Waals surface area contributed by atoms with E-state index in [4.69, 9.17) is 4.74 Å². The van der Waals surface area contributed by atoms with Gasteiger partial charge in [-0.15, -0.1) is 0 Å². The van der Waals surface area contributed by atoms with Crippen molar-refractivity contribution < 1.29 is 14.6 Å². The molecule has 0 radical (unpaired) electrons. The number of pyridine rings is 1. The number of aliphatic hydroxyl groups is 1. The lowest BCUT2D eigenvalue weighted by molar-refractivity contribution is -0.0111. The molecule has 6 heteroatoms. The topological polar surface area (TPSA) is 62.7 Å². The summed E-state index contributed by atoms with van der Waals surface area (Å²) in [4.78, 5) is 18.3. The SMILES string of the molecule is CC(C)(C)OC(=O)N1CCCC(O)(c2ccc(Br)cn2)CCC1. The van der Waals surface area contributed by atoms with Crippen LogP contribution in [0.3, 0.4) is 0 Å². The Balaban J connectivity index is 1.99. The van der Waals surface area contributed by atoms with Crippen molar-refractivity contribution in [2.45, 2.75) is 57.7 Å². The fourth-order valence-corrected chi connectivity index (χ4v) is 3.01. The molecule has 1 aliphatic heterocycles. The Hall–Kier alpha value is -1.14. The molecule has 0 bridgehead atoms. The van der Waals surface area contributed by atoms with E-state index in [-0.39, 0.29) is 6.09 Å².